The van der Waals surface area contributed by atoms with E-state index in [1.165, 1.54) is 23.9 Å². The molecule has 8 heteroatoms. The Labute approximate surface area is 180 Å². The SMILES string of the molecule is COc1ccsc1C(C)CNc1cc(-c2cnc(NCC3CC3)c(C=N)c2)ncn1. The van der Waals surface area contributed by atoms with Crippen LogP contribution < -0.4 is 15.4 Å². The lowest BCUT2D eigenvalue weighted by atomic mass is 10.1. The number of pyridine rings is 1. The van der Waals surface area contributed by atoms with E-state index in [1.54, 1.807) is 31.0 Å². The van der Waals surface area contributed by atoms with Gasteiger partial charge in [-0.3, -0.25) is 0 Å². The minimum Gasteiger partial charge on any atom is -0.496 e. The van der Waals surface area contributed by atoms with Gasteiger partial charge < -0.3 is 20.8 Å². The molecule has 156 valence electrons. The van der Waals surface area contributed by atoms with Gasteiger partial charge in [-0.15, -0.1) is 11.3 Å². The summed E-state index contributed by atoms with van der Waals surface area (Å²) in [5.74, 6) is 3.48. The van der Waals surface area contributed by atoms with E-state index >= 15 is 0 Å². The minimum atomic E-state index is 0.293. The maximum absolute atomic E-state index is 7.74. The van der Waals surface area contributed by atoms with Crippen LogP contribution in [0.2, 0.25) is 0 Å². The third-order valence-corrected chi connectivity index (χ3v) is 6.33. The van der Waals surface area contributed by atoms with Gasteiger partial charge in [0.2, 0.25) is 0 Å². The van der Waals surface area contributed by atoms with Crippen LogP contribution >= 0.6 is 11.3 Å². The predicted molar refractivity (Wildman–Crippen MR) is 122 cm³/mol. The molecular weight excluding hydrogens is 396 g/mol. The monoisotopic (exact) mass is 422 g/mol. The molecule has 1 fully saturated rings. The highest BCUT2D eigenvalue weighted by Gasteiger charge is 2.21. The molecular formula is C22H26N6OS. The van der Waals surface area contributed by atoms with E-state index in [9.17, 15) is 0 Å². The van der Waals surface area contributed by atoms with Crippen LogP contribution in [0.25, 0.3) is 11.3 Å². The molecule has 30 heavy (non-hydrogen) atoms. The number of rotatable bonds is 10. The van der Waals surface area contributed by atoms with Gasteiger partial charge in [0, 0.05) is 48.6 Å². The number of aromatic nitrogens is 3. The lowest BCUT2D eigenvalue weighted by Crippen LogP contribution is -2.11. The lowest BCUT2D eigenvalue weighted by molar-refractivity contribution is 0.410. The topological polar surface area (TPSA) is 95.8 Å². The zero-order chi connectivity index (χ0) is 20.9. The van der Waals surface area contributed by atoms with Gasteiger partial charge in [-0.05, 0) is 36.3 Å². The summed E-state index contributed by atoms with van der Waals surface area (Å²) < 4.78 is 5.43. The van der Waals surface area contributed by atoms with Gasteiger partial charge in [-0.1, -0.05) is 6.92 Å². The fourth-order valence-electron chi connectivity index (χ4n) is 3.24. The quantitative estimate of drug-likeness (QED) is 0.412. The summed E-state index contributed by atoms with van der Waals surface area (Å²) in [6.45, 7) is 3.82. The van der Waals surface area contributed by atoms with Gasteiger partial charge in [-0.25, -0.2) is 15.0 Å². The summed E-state index contributed by atoms with van der Waals surface area (Å²) in [6, 6.07) is 5.86. The molecule has 0 saturated heterocycles. The van der Waals surface area contributed by atoms with E-state index in [2.05, 4.69) is 32.5 Å². The van der Waals surface area contributed by atoms with Crippen LogP contribution in [0.5, 0.6) is 5.75 Å². The molecule has 3 heterocycles. The third kappa shape index (κ3) is 4.76. The fourth-order valence-corrected chi connectivity index (χ4v) is 4.16. The summed E-state index contributed by atoms with van der Waals surface area (Å²) in [7, 11) is 1.70. The van der Waals surface area contributed by atoms with Crippen molar-refractivity contribution in [2.75, 3.05) is 30.8 Å². The number of anilines is 2. The number of nitrogens with zero attached hydrogens (tertiary/aromatic N) is 3. The number of methoxy groups -OCH3 is 1. The Morgan fingerprint density at radius 1 is 1.27 bits per heavy atom. The van der Waals surface area contributed by atoms with Gasteiger partial charge in [-0.2, -0.15) is 0 Å². The summed E-state index contributed by atoms with van der Waals surface area (Å²) in [5, 5.41) is 16.5. The van der Waals surface area contributed by atoms with Gasteiger partial charge in [0.1, 0.15) is 23.7 Å². The van der Waals surface area contributed by atoms with Crippen LogP contribution in [0.3, 0.4) is 0 Å². The molecule has 0 aromatic carbocycles. The molecule has 0 aliphatic heterocycles. The lowest BCUT2D eigenvalue weighted by Gasteiger charge is -2.14. The molecule has 7 nitrogen and oxygen atoms in total. The molecule has 3 N–H and O–H groups in total. The highest BCUT2D eigenvalue weighted by Crippen LogP contribution is 2.32. The van der Waals surface area contributed by atoms with Crippen molar-refractivity contribution in [1.29, 1.82) is 5.41 Å². The fraction of sp³-hybridized carbons (Fsp3) is 0.364. The van der Waals surface area contributed by atoms with Crippen molar-refractivity contribution in [3.8, 4) is 17.0 Å². The molecule has 1 aliphatic rings. The van der Waals surface area contributed by atoms with Crippen molar-refractivity contribution in [2.45, 2.75) is 25.7 Å². The number of hydrogen-bond acceptors (Lipinski definition) is 8. The Kier molecular flexibility index (Phi) is 6.23. The Bertz CT molecular complexity index is 1020. The second-order valence-electron chi connectivity index (χ2n) is 7.55. The van der Waals surface area contributed by atoms with Crippen LogP contribution in [0.15, 0.2) is 36.1 Å². The second-order valence-corrected chi connectivity index (χ2v) is 8.50. The van der Waals surface area contributed by atoms with E-state index in [0.717, 1.165) is 53.2 Å². The molecule has 1 aliphatic carbocycles. The van der Waals surface area contributed by atoms with Crippen LogP contribution in [0.1, 0.15) is 36.1 Å². The Morgan fingerprint density at radius 3 is 2.90 bits per heavy atom. The average Bonchev–Trinajstić information content (AvgIpc) is 3.49. The van der Waals surface area contributed by atoms with Gasteiger partial charge >= 0.3 is 0 Å². The average molecular weight is 423 g/mol. The number of hydrogen-bond donors (Lipinski definition) is 3. The molecule has 1 unspecified atom stereocenters. The number of nitrogens with one attached hydrogen (secondary N) is 3. The maximum atomic E-state index is 7.74. The Balaban J connectivity index is 1.45. The number of thiophene rings is 1. The molecule has 0 amide bonds. The Hall–Kier alpha value is -3.00. The smallest absolute Gasteiger partial charge is 0.134 e. The molecule has 0 bridgehead atoms. The van der Waals surface area contributed by atoms with E-state index < -0.39 is 0 Å². The first-order valence-corrected chi connectivity index (χ1v) is 11.0. The van der Waals surface area contributed by atoms with Crippen molar-refractivity contribution >= 4 is 29.2 Å². The van der Waals surface area contributed by atoms with Gasteiger partial charge in [0.25, 0.3) is 0 Å². The van der Waals surface area contributed by atoms with Crippen molar-refractivity contribution < 1.29 is 4.74 Å². The normalized spacial score (nSPS) is 14.2. The molecule has 1 atom stereocenters. The van der Waals surface area contributed by atoms with E-state index in [4.69, 9.17) is 10.1 Å². The van der Waals surface area contributed by atoms with Crippen molar-refractivity contribution in [3.05, 3.63) is 46.5 Å². The summed E-state index contributed by atoms with van der Waals surface area (Å²) in [5.41, 5.74) is 2.40. The third-order valence-electron chi connectivity index (χ3n) is 5.20. The van der Waals surface area contributed by atoms with Crippen LogP contribution in [-0.2, 0) is 0 Å². The maximum Gasteiger partial charge on any atom is 0.134 e. The van der Waals surface area contributed by atoms with E-state index in [0.29, 0.717) is 5.92 Å². The highest BCUT2D eigenvalue weighted by molar-refractivity contribution is 7.10. The molecule has 3 aromatic rings. The molecule has 3 aromatic heterocycles. The zero-order valence-corrected chi connectivity index (χ0v) is 18.0. The van der Waals surface area contributed by atoms with E-state index in [1.807, 2.05) is 23.6 Å². The number of ether oxygens (including phenoxy) is 1. The summed E-state index contributed by atoms with van der Waals surface area (Å²) >= 11 is 1.70. The van der Waals surface area contributed by atoms with Crippen LogP contribution in [-0.4, -0.2) is 41.4 Å². The van der Waals surface area contributed by atoms with Gasteiger partial charge in [0.05, 0.1) is 17.7 Å². The second kappa shape index (κ2) is 9.21. The van der Waals surface area contributed by atoms with Crippen molar-refractivity contribution in [2.24, 2.45) is 5.92 Å². The first kappa shape index (κ1) is 20.3. The van der Waals surface area contributed by atoms with E-state index in [-0.39, 0.29) is 0 Å². The van der Waals surface area contributed by atoms with Gasteiger partial charge in [0.15, 0.2) is 0 Å². The first-order valence-electron chi connectivity index (χ1n) is 10.1. The highest BCUT2D eigenvalue weighted by atomic mass is 32.1. The summed E-state index contributed by atoms with van der Waals surface area (Å²) in [6.07, 6.45) is 7.24. The predicted octanol–water partition coefficient (Wildman–Crippen LogP) is 4.64. The Morgan fingerprint density at radius 2 is 2.13 bits per heavy atom. The van der Waals surface area contributed by atoms with Crippen molar-refractivity contribution in [1.82, 2.24) is 15.0 Å². The van der Waals surface area contributed by atoms with Crippen LogP contribution in [0.4, 0.5) is 11.6 Å². The molecule has 1 saturated carbocycles. The minimum absolute atomic E-state index is 0.293. The van der Waals surface area contributed by atoms with Crippen molar-refractivity contribution in [3.63, 3.8) is 0 Å². The first-order chi connectivity index (χ1) is 14.7. The molecule has 0 radical (unpaired) electrons. The largest absolute Gasteiger partial charge is 0.496 e. The summed E-state index contributed by atoms with van der Waals surface area (Å²) in [4.78, 5) is 14.5. The zero-order valence-electron chi connectivity index (χ0n) is 17.2. The van der Waals surface area contributed by atoms with Crippen LogP contribution in [0, 0.1) is 11.3 Å². The molecule has 0 spiro atoms. The standard InChI is InChI=1S/C22H26N6OS/c1-14(21-19(29-2)5-6-30-21)10-24-20-8-18(27-13-28-20)17-7-16(9-23)22(26-12-17)25-11-15-3-4-15/h5-9,12-15,23H,3-4,10-11H2,1-2H3,(H,25,26)(H,24,27,28). The molecule has 4 rings (SSSR count).